The van der Waals surface area contributed by atoms with E-state index < -0.39 is 26.0 Å². The molecule has 3 rings (SSSR count). The lowest BCUT2D eigenvalue weighted by Crippen LogP contribution is -2.46. The van der Waals surface area contributed by atoms with Gasteiger partial charge in [0.15, 0.2) is 0 Å². The van der Waals surface area contributed by atoms with Crippen molar-refractivity contribution in [2.75, 3.05) is 31.5 Å². The van der Waals surface area contributed by atoms with Crippen LogP contribution in [0.1, 0.15) is 0 Å². The average Bonchev–Trinajstić information content (AvgIpc) is 2.78. The molecule has 0 saturated carbocycles. The summed E-state index contributed by atoms with van der Waals surface area (Å²) in [5, 5.41) is 11.8. The molecule has 0 aliphatic carbocycles. The lowest BCUT2D eigenvalue weighted by Gasteiger charge is -2.33. The van der Waals surface area contributed by atoms with Crippen molar-refractivity contribution in [3.63, 3.8) is 0 Å². The fourth-order valence-corrected chi connectivity index (χ4v) is 4.97. The maximum absolute atomic E-state index is 12.7. The number of rotatable bonds is 6. The molecule has 1 aliphatic rings. The molecule has 1 heterocycles. The van der Waals surface area contributed by atoms with Crippen molar-refractivity contribution in [3.8, 4) is 6.07 Å². The van der Waals surface area contributed by atoms with E-state index in [1.165, 1.54) is 34.8 Å². The summed E-state index contributed by atoms with van der Waals surface area (Å²) >= 11 is 0. The second-order valence-corrected chi connectivity index (χ2v) is 10.2. The van der Waals surface area contributed by atoms with Gasteiger partial charge in [-0.15, -0.1) is 0 Å². The van der Waals surface area contributed by atoms with Gasteiger partial charge in [0.25, 0.3) is 16.0 Å². The van der Waals surface area contributed by atoms with Crippen LogP contribution in [0.3, 0.4) is 0 Å². The van der Waals surface area contributed by atoms with Gasteiger partial charge in [-0.05, 0) is 36.4 Å². The monoisotopic (exact) mass is 476 g/mol. The minimum atomic E-state index is -4.35. The molecule has 10 nitrogen and oxygen atoms in total. The number of nitrogens with zero attached hydrogens (tertiary/aromatic N) is 3. The number of hydrogen-bond acceptors (Lipinski definition) is 7. The lowest BCUT2D eigenvalue weighted by molar-refractivity contribution is -0.112. The number of nitriles is 1. The first-order valence-corrected chi connectivity index (χ1v) is 12.3. The van der Waals surface area contributed by atoms with E-state index in [2.05, 4.69) is 5.32 Å². The number of benzene rings is 2. The second-order valence-electron chi connectivity index (χ2n) is 6.86. The average molecular weight is 477 g/mol. The molecule has 1 saturated heterocycles. The molecule has 0 aromatic heterocycles. The highest BCUT2D eigenvalue weighted by molar-refractivity contribution is 7.89. The predicted molar refractivity (Wildman–Crippen MR) is 115 cm³/mol. The van der Waals surface area contributed by atoms with Gasteiger partial charge in [-0.3, -0.25) is 9.35 Å². The topological polar surface area (TPSA) is 148 Å². The van der Waals surface area contributed by atoms with E-state index in [4.69, 9.17) is 4.55 Å². The minimum absolute atomic E-state index is 0.191. The van der Waals surface area contributed by atoms with Crippen LogP contribution in [0.5, 0.6) is 0 Å². The van der Waals surface area contributed by atoms with Gasteiger partial charge < -0.3 is 10.2 Å². The third-order valence-corrected chi connectivity index (χ3v) is 7.52. The molecule has 168 valence electrons. The molecule has 12 heteroatoms. The van der Waals surface area contributed by atoms with E-state index in [0.717, 1.165) is 12.1 Å². The fraction of sp³-hybridized carbons (Fsp3) is 0.200. The minimum Gasteiger partial charge on any atom is -0.373 e. The number of amides is 1. The molecular formula is C20H20N4O6S2. The van der Waals surface area contributed by atoms with Crippen LogP contribution in [0.15, 0.2) is 76.2 Å². The largest absolute Gasteiger partial charge is 0.373 e. The molecular weight excluding hydrogens is 456 g/mol. The Morgan fingerprint density at radius 3 is 2.06 bits per heavy atom. The molecule has 1 fully saturated rings. The molecule has 2 aromatic rings. The van der Waals surface area contributed by atoms with Crippen molar-refractivity contribution >= 4 is 31.7 Å². The van der Waals surface area contributed by atoms with Gasteiger partial charge >= 0.3 is 0 Å². The Kier molecular flexibility index (Phi) is 6.95. The highest BCUT2D eigenvalue weighted by Gasteiger charge is 2.28. The van der Waals surface area contributed by atoms with Crippen LogP contribution in [-0.4, -0.2) is 62.7 Å². The van der Waals surface area contributed by atoms with Crippen molar-refractivity contribution in [3.05, 3.63) is 66.4 Å². The first-order chi connectivity index (χ1) is 15.1. The highest BCUT2D eigenvalue weighted by atomic mass is 32.2. The van der Waals surface area contributed by atoms with Crippen LogP contribution in [0.4, 0.5) is 5.69 Å². The van der Waals surface area contributed by atoms with E-state index in [9.17, 15) is 26.9 Å². The first-order valence-electron chi connectivity index (χ1n) is 9.41. The molecule has 0 bridgehead atoms. The van der Waals surface area contributed by atoms with Gasteiger partial charge in [-0.1, -0.05) is 18.2 Å². The number of piperazine rings is 1. The maximum Gasteiger partial charge on any atom is 0.294 e. The van der Waals surface area contributed by atoms with Gasteiger partial charge in [0.2, 0.25) is 10.0 Å². The van der Waals surface area contributed by atoms with Crippen molar-refractivity contribution in [1.29, 1.82) is 5.26 Å². The van der Waals surface area contributed by atoms with Crippen LogP contribution in [-0.2, 0) is 24.9 Å². The predicted octanol–water partition coefficient (Wildman–Crippen LogP) is 1.29. The Balaban J connectivity index is 1.63. The van der Waals surface area contributed by atoms with Crippen LogP contribution in [0.2, 0.25) is 0 Å². The summed E-state index contributed by atoms with van der Waals surface area (Å²) in [7, 11) is -7.96. The van der Waals surface area contributed by atoms with E-state index in [0.29, 0.717) is 13.1 Å². The van der Waals surface area contributed by atoms with Crippen LogP contribution < -0.4 is 5.32 Å². The Morgan fingerprint density at radius 1 is 0.938 bits per heavy atom. The number of nitrogens with one attached hydrogen (secondary N) is 1. The Morgan fingerprint density at radius 2 is 1.53 bits per heavy atom. The molecule has 2 aromatic carbocycles. The number of sulfonamides is 1. The van der Waals surface area contributed by atoms with Gasteiger partial charge in [0, 0.05) is 38.1 Å². The number of carbonyl (C=O) groups is 1. The number of hydrogen-bond donors (Lipinski definition) is 2. The summed E-state index contributed by atoms with van der Waals surface area (Å²) in [4.78, 5) is 14.0. The number of anilines is 1. The van der Waals surface area contributed by atoms with Gasteiger partial charge in [-0.25, -0.2) is 8.42 Å². The molecule has 0 spiro atoms. The smallest absolute Gasteiger partial charge is 0.294 e. The summed E-state index contributed by atoms with van der Waals surface area (Å²) in [6.07, 6.45) is 1.37. The third-order valence-electron chi connectivity index (χ3n) is 4.74. The molecule has 0 radical (unpaired) electrons. The van der Waals surface area contributed by atoms with Gasteiger partial charge in [0.1, 0.15) is 11.6 Å². The summed E-state index contributed by atoms with van der Waals surface area (Å²) in [6, 6.07) is 14.7. The zero-order chi connectivity index (χ0) is 23.4. The summed E-state index contributed by atoms with van der Waals surface area (Å²) < 4.78 is 57.9. The third kappa shape index (κ3) is 5.51. The Labute approximate surface area is 186 Å². The molecule has 0 unspecified atom stereocenters. The van der Waals surface area contributed by atoms with Crippen LogP contribution in [0.25, 0.3) is 0 Å². The summed E-state index contributed by atoms with van der Waals surface area (Å²) in [6.45, 7) is 0.997. The van der Waals surface area contributed by atoms with E-state index >= 15 is 0 Å². The molecule has 1 amide bonds. The Bertz CT molecular complexity index is 1260. The van der Waals surface area contributed by atoms with Crippen LogP contribution in [0, 0.1) is 11.3 Å². The van der Waals surface area contributed by atoms with Gasteiger partial charge in [0.05, 0.1) is 9.79 Å². The van der Waals surface area contributed by atoms with Crippen LogP contribution >= 0.6 is 0 Å². The molecule has 2 N–H and O–H groups in total. The molecule has 32 heavy (non-hydrogen) atoms. The lowest BCUT2D eigenvalue weighted by atomic mass is 10.2. The summed E-state index contributed by atoms with van der Waals surface area (Å²) in [5.74, 6) is -0.702. The van der Waals surface area contributed by atoms with Crippen molar-refractivity contribution in [2.45, 2.75) is 9.79 Å². The summed E-state index contributed by atoms with van der Waals surface area (Å²) in [5.41, 5.74) is 0.0468. The van der Waals surface area contributed by atoms with E-state index in [1.54, 1.807) is 23.1 Å². The van der Waals surface area contributed by atoms with E-state index in [1.807, 2.05) is 6.07 Å². The standard InChI is InChI=1S/C20H20N4O6S2/c21-14-16(20(25)22-17-6-8-19(9-7-17)32(28,29)30)15-23-10-12-24(13-11-23)31(26,27)18-4-2-1-3-5-18/h1-9,15H,10-13H2,(H,22,25)(H,28,29,30)/b16-15-. The normalized spacial score (nSPS) is 15.8. The van der Waals surface area contributed by atoms with Crippen molar-refractivity contribution in [2.24, 2.45) is 0 Å². The van der Waals surface area contributed by atoms with Crippen molar-refractivity contribution in [1.82, 2.24) is 9.21 Å². The molecule has 0 atom stereocenters. The van der Waals surface area contributed by atoms with Crippen molar-refractivity contribution < 1.29 is 26.2 Å². The second kappa shape index (κ2) is 9.49. The van der Waals surface area contributed by atoms with E-state index in [-0.39, 0.29) is 34.1 Å². The first kappa shape index (κ1) is 23.4. The van der Waals surface area contributed by atoms with Gasteiger partial charge in [-0.2, -0.15) is 18.0 Å². The zero-order valence-corrected chi connectivity index (χ0v) is 18.4. The highest BCUT2D eigenvalue weighted by Crippen LogP contribution is 2.18. The fourth-order valence-electron chi connectivity index (χ4n) is 3.04. The SMILES string of the molecule is N#C/C(=C/N1CCN(S(=O)(=O)c2ccccc2)CC1)C(=O)Nc1ccc(S(=O)(=O)O)cc1. The Hall–Kier alpha value is -3.24. The zero-order valence-electron chi connectivity index (χ0n) is 16.7. The number of carbonyl (C=O) groups excluding carboxylic acids is 1. The maximum atomic E-state index is 12.7. The quantitative estimate of drug-likeness (QED) is 0.360. The molecule has 1 aliphatic heterocycles.